The summed E-state index contributed by atoms with van der Waals surface area (Å²) in [5, 5.41) is 5.09. The monoisotopic (exact) mass is 351 g/mol. The van der Waals surface area contributed by atoms with E-state index in [0.717, 1.165) is 5.13 Å². The molecule has 0 unspecified atom stereocenters. The van der Waals surface area contributed by atoms with Crippen molar-refractivity contribution >= 4 is 27.5 Å². The van der Waals surface area contributed by atoms with Gasteiger partial charge in [-0.3, -0.25) is 4.79 Å². The minimum atomic E-state index is -0.506. The topological polar surface area (TPSA) is 80.0 Å². The molecule has 1 amide bonds. The van der Waals surface area contributed by atoms with Gasteiger partial charge in [0.2, 0.25) is 10.1 Å². The molecule has 1 aliphatic rings. The van der Waals surface area contributed by atoms with Gasteiger partial charge in [0.15, 0.2) is 0 Å². The first-order chi connectivity index (χ1) is 11.2. The van der Waals surface area contributed by atoms with Gasteiger partial charge in [0.05, 0.1) is 0 Å². The second kappa shape index (κ2) is 6.04. The summed E-state index contributed by atoms with van der Waals surface area (Å²) in [7, 11) is 0. The van der Waals surface area contributed by atoms with E-state index in [9.17, 15) is 9.59 Å². The molecule has 0 aromatic carbocycles. The van der Waals surface area contributed by atoms with Crippen LogP contribution in [0.25, 0.3) is 4.96 Å². The van der Waals surface area contributed by atoms with Gasteiger partial charge < -0.3 is 14.5 Å². The van der Waals surface area contributed by atoms with E-state index in [0.29, 0.717) is 24.6 Å². The Hall–Kier alpha value is -2.16. The molecule has 0 spiro atoms. The van der Waals surface area contributed by atoms with E-state index in [4.69, 9.17) is 4.74 Å². The molecule has 24 heavy (non-hydrogen) atoms. The smallest absolute Gasteiger partial charge is 0.410 e. The highest BCUT2D eigenvalue weighted by molar-refractivity contribution is 7.20. The van der Waals surface area contributed by atoms with E-state index < -0.39 is 5.60 Å². The lowest BCUT2D eigenvalue weighted by Gasteiger charge is -2.39. The first-order valence-electron chi connectivity index (χ1n) is 7.84. The third kappa shape index (κ3) is 3.35. The van der Waals surface area contributed by atoms with Crippen molar-refractivity contribution in [2.75, 3.05) is 24.5 Å². The van der Waals surface area contributed by atoms with Crippen LogP contribution in [0.4, 0.5) is 9.93 Å². The highest BCUT2D eigenvalue weighted by Gasteiger charge is 2.32. The summed E-state index contributed by atoms with van der Waals surface area (Å²) >= 11 is 1.37. The maximum Gasteiger partial charge on any atom is 0.410 e. The molecular weight excluding hydrogens is 330 g/mol. The molecule has 0 saturated carbocycles. The Morgan fingerprint density at radius 3 is 2.75 bits per heavy atom. The van der Waals surface area contributed by atoms with Crippen LogP contribution in [0.2, 0.25) is 0 Å². The quantitative estimate of drug-likeness (QED) is 0.776. The van der Waals surface area contributed by atoms with Crippen LogP contribution < -0.4 is 10.5 Å². The Labute approximate surface area is 143 Å². The van der Waals surface area contributed by atoms with E-state index in [1.807, 2.05) is 27.7 Å². The van der Waals surface area contributed by atoms with Crippen LogP contribution in [0, 0.1) is 0 Å². The van der Waals surface area contributed by atoms with Crippen molar-refractivity contribution in [3.8, 4) is 0 Å². The van der Waals surface area contributed by atoms with Crippen molar-refractivity contribution < 1.29 is 9.53 Å². The average Bonchev–Trinajstić information content (AvgIpc) is 2.90. The van der Waals surface area contributed by atoms with Gasteiger partial charge in [0.1, 0.15) is 5.60 Å². The van der Waals surface area contributed by atoms with Gasteiger partial charge in [0.25, 0.3) is 5.56 Å². The lowest BCUT2D eigenvalue weighted by atomic mass is 10.2. The molecule has 3 rings (SSSR count). The van der Waals surface area contributed by atoms with Crippen molar-refractivity contribution in [2.24, 2.45) is 0 Å². The Bertz CT molecular complexity index is 809. The first kappa shape index (κ1) is 16.7. The first-order valence-corrected chi connectivity index (χ1v) is 8.66. The number of carbonyl (C=O) groups is 1. The fraction of sp³-hybridized carbons (Fsp3) is 0.600. The van der Waals surface area contributed by atoms with E-state index >= 15 is 0 Å². The van der Waals surface area contributed by atoms with E-state index in [1.54, 1.807) is 4.90 Å². The number of amides is 1. The molecule has 2 aromatic rings. The van der Waals surface area contributed by atoms with Crippen LogP contribution in [0.5, 0.6) is 0 Å². The predicted octanol–water partition coefficient (Wildman–Crippen LogP) is 1.60. The predicted molar refractivity (Wildman–Crippen MR) is 91.7 cm³/mol. The summed E-state index contributed by atoms with van der Waals surface area (Å²) in [4.78, 5) is 32.6. The Kier molecular flexibility index (Phi) is 4.20. The fourth-order valence-electron chi connectivity index (χ4n) is 2.58. The molecule has 1 atom stereocenters. The van der Waals surface area contributed by atoms with Gasteiger partial charge in [0, 0.05) is 37.9 Å². The largest absolute Gasteiger partial charge is 0.444 e. The number of rotatable bonds is 1. The van der Waals surface area contributed by atoms with Gasteiger partial charge >= 0.3 is 6.09 Å². The lowest BCUT2D eigenvalue weighted by molar-refractivity contribution is 0.0159. The van der Waals surface area contributed by atoms with Gasteiger partial charge in [-0.05, 0) is 27.7 Å². The zero-order valence-electron chi connectivity index (χ0n) is 14.2. The minimum absolute atomic E-state index is 0.00899. The number of nitrogens with zero attached hydrogens (tertiary/aromatic N) is 5. The molecule has 3 heterocycles. The van der Waals surface area contributed by atoms with Gasteiger partial charge in [-0.1, -0.05) is 11.3 Å². The average molecular weight is 351 g/mol. The second-order valence-electron chi connectivity index (χ2n) is 6.83. The summed E-state index contributed by atoms with van der Waals surface area (Å²) in [6.45, 7) is 9.38. The number of aromatic nitrogens is 3. The highest BCUT2D eigenvalue weighted by atomic mass is 32.1. The van der Waals surface area contributed by atoms with E-state index in [2.05, 4.69) is 15.0 Å². The molecule has 0 bridgehead atoms. The Morgan fingerprint density at radius 2 is 2.12 bits per heavy atom. The fourth-order valence-corrected chi connectivity index (χ4v) is 3.50. The molecule has 130 valence electrons. The Balaban J connectivity index is 1.74. The molecular formula is C15H21N5O3S. The lowest BCUT2D eigenvalue weighted by Crippen LogP contribution is -2.55. The summed E-state index contributed by atoms with van der Waals surface area (Å²) in [6.07, 6.45) is 1.19. The number of fused-ring (bicyclic) bond motifs is 1. The molecule has 9 heteroatoms. The molecule has 0 N–H and O–H groups in total. The summed E-state index contributed by atoms with van der Waals surface area (Å²) in [5.41, 5.74) is -0.698. The molecule has 1 fully saturated rings. The second-order valence-corrected chi connectivity index (χ2v) is 7.77. The van der Waals surface area contributed by atoms with Crippen molar-refractivity contribution in [2.45, 2.75) is 39.3 Å². The molecule has 2 aromatic heterocycles. The normalized spacial score (nSPS) is 18.9. The van der Waals surface area contributed by atoms with Crippen LogP contribution >= 0.6 is 11.3 Å². The SMILES string of the molecule is C[C@@H]1CN(c2nn3c(=O)ccnc3s2)CCN1C(=O)OC(C)(C)C. The third-order valence-electron chi connectivity index (χ3n) is 3.69. The van der Waals surface area contributed by atoms with Crippen LogP contribution in [0.3, 0.4) is 0 Å². The number of carbonyl (C=O) groups excluding carboxylic acids is 1. The van der Waals surface area contributed by atoms with Gasteiger partial charge in [-0.2, -0.15) is 4.52 Å². The highest BCUT2D eigenvalue weighted by Crippen LogP contribution is 2.24. The molecule has 0 radical (unpaired) electrons. The molecule has 1 saturated heterocycles. The maximum atomic E-state index is 12.3. The summed E-state index contributed by atoms with van der Waals surface area (Å²) in [5.74, 6) is 0. The number of piperazine rings is 1. The van der Waals surface area contributed by atoms with E-state index in [-0.39, 0.29) is 17.7 Å². The van der Waals surface area contributed by atoms with Crippen LogP contribution in [0.15, 0.2) is 17.1 Å². The number of hydrogen-bond acceptors (Lipinski definition) is 7. The minimum Gasteiger partial charge on any atom is -0.444 e. The van der Waals surface area contributed by atoms with Crippen LogP contribution in [-0.2, 0) is 4.74 Å². The number of hydrogen-bond donors (Lipinski definition) is 0. The third-order valence-corrected chi connectivity index (χ3v) is 4.67. The van der Waals surface area contributed by atoms with Crippen LogP contribution in [0.1, 0.15) is 27.7 Å². The standard InChI is InChI=1S/C15H21N5O3S/c1-10-9-18(7-8-19(10)14(22)23-15(2,3)4)13-17-20-11(21)5-6-16-12(20)24-13/h5-6,10H,7-9H2,1-4H3/t10-/m1/s1. The summed E-state index contributed by atoms with van der Waals surface area (Å²) < 4.78 is 6.76. The van der Waals surface area contributed by atoms with Gasteiger partial charge in [-0.15, -0.1) is 5.10 Å². The van der Waals surface area contributed by atoms with E-state index in [1.165, 1.54) is 28.1 Å². The maximum absolute atomic E-state index is 12.3. The van der Waals surface area contributed by atoms with Gasteiger partial charge in [-0.25, -0.2) is 9.78 Å². The van der Waals surface area contributed by atoms with Crippen molar-refractivity contribution in [3.05, 3.63) is 22.6 Å². The number of anilines is 1. The zero-order valence-corrected chi connectivity index (χ0v) is 15.0. The van der Waals surface area contributed by atoms with Crippen molar-refractivity contribution in [3.63, 3.8) is 0 Å². The zero-order chi connectivity index (χ0) is 17.5. The van der Waals surface area contributed by atoms with Crippen molar-refractivity contribution in [1.82, 2.24) is 19.5 Å². The van der Waals surface area contributed by atoms with Crippen molar-refractivity contribution in [1.29, 1.82) is 0 Å². The molecule has 0 aliphatic carbocycles. The Morgan fingerprint density at radius 1 is 1.38 bits per heavy atom. The van der Waals surface area contributed by atoms with Crippen LogP contribution in [-0.4, -0.2) is 56.9 Å². The molecule has 8 nitrogen and oxygen atoms in total. The molecule has 1 aliphatic heterocycles. The number of ether oxygens (including phenoxy) is 1. The summed E-state index contributed by atoms with van der Waals surface area (Å²) in [6, 6.07) is 1.38.